The van der Waals surface area contributed by atoms with Crippen LogP contribution in [0.5, 0.6) is 0 Å². The van der Waals surface area contributed by atoms with E-state index in [1.54, 1.807) is 0 Å². The third-order valence-corrected chi connectivity index (χ3v) is 4.61. The number of aromatic nitrogens is 1. The predicted octanol–water partition coefficient (Wildman–Crippen LogP) is 2.94. The van der Waals surface area contributed by atoms with Crippen molar-refractivity contribution in [3.8, 4) is 0 Å². The molecule has 2 aromatic rings. The number of hydrogen-bond acceptors (Lipinski definition) is 4. The average molecular weight is 342 g/mol. The summed E-state index contributed by atoms with van der Waals surface area (Å²) in [6.07, 6.45) is 5.19. The Hall–Kier alpha value is -2.14. The monoisotopic (exact) mass is 342 g/mol. The van der Waals surface area contributed by atoms with E-state index >= 15 is 0 Å². The van der Waals surface area contributed by atoms with Crippen LogP contribution in [-0.4, -0.2) is 30.8 Å². The van der Waals surface area contributed by atoms with Crippen molar-refractivity contribution >= 4 is 5.91 Å². The topological polar surface area (TPSA) is 64.4 Å². The Bertz CT molecular complexity index is 648. The fraction of sp³-hybridized carbons (Fsp3) is 0.500. The highest BCUT2D eigenvalue weighted by Gasteiger charge is 2.15. The van der Waals surface area contributed by atoms with Crippen molar-refractivity contribution in [2.75, 3.05) is 19.8 Å². The first-order valence-electron chi connectivity index (χ1n) is 9.12. The number of aryl methyl sites for hydroxylation is 2. The quantitative estimate of drug-likeness (QED) is 0.801. The van der Waals surface area contributed by atoms with E-state index in [2.05, 4.69) is 34.7 Å². The Labute approximate surface area is 148 Å². The number of nitrogens with zero attached hydrogens (tertiary/aromatic N) is 1. The van der Waals surface area contributed by atoms with Gasteiger partial charge in [0.25, 0.3) is 0 Å². The zero-order chi connectivity index (χ0) is 17.3. The summed E-state index contributed by atoms with van der Waals surface area (Å²) in [6, 6.07) is 12.3. The summed E-state index contributed by atoms with van der Waals surface area (Å²) < 4.78 is 10.7. The Morgan fingerprint density at radius 2 is 1.96 bits per heavy atom. The molecule has 2 heterocycles. The molecule has 3 rings (SSSR count). The summed E-state index contributed by atoms with van der Waals surface area (Å²) in [7, 11) is 0. The molecule has 0 aliphatic carbocycles. The van der Waals surface area contributed by atoms with Gasteiger partial charge in [-0.05, 0) is 37.2 Å². The number of rotatable bonds is 8. The average Bonchev–Trinajstić information content (AvgIpc) is 3.09. The van der Waals surface area contributed by atoms with Crippen LogP contribution in [-0.2, 0) is 28.8 Å². The molecule has 1 aromatic carbocycles. The Morgan fingerprint density at radius 1 is 1.16 bits per heavy atom. The van der Waals surface area contributed by atoms with E-state index in [0.717, 1.165) is 57.6 Å². The molecular formula is C20H26N2O3. The molecule has 1 aromatic heterocycles. The number of hydrogen-bond donors (Lipinski definition) is 1. The first-order chi connectivity index (χ1) is 12.3. The van der Waals surface area contributed by atoms with Crippen LogP contribution in [0.3, 0.4) is 0 Å². The molecule has 1 N–H and O–H groups in total. The van der Waals surface area contributed by atoms with E-state index in [-0.39, 0.29) is 12.3 Å². The summed E-state index contributed by atoms with van der Waals surface area (Å²) in [5.74, 6) is 1.39. The number of benzene rings is 1. The van der Waals surface area contributed by atoms with Gasteiger partial charge in [-0.2, -0.15) is 0 Å². The molecule has 1 aliphatic heterocycles. The lowest BCUT2D eigenvalue weighted by Crippen LogP contribution is -2.33. The molecule has 5 heteroatoms. The van der Waals surface area contributed by atoms with Crippen molar-refractivity contribution in [1.29, 1.82) is 0 Å². The van der Waals surface area contributed by atoms with Crippen LogP contribution < -0.4 is 5.32 Å². The van der Waals surface area contributed by atoms with Crippen LogP contribution in [0.25, 0.3) is 0 Å². The molecule has 1 aliphatic rings. The number of ether oxygens (including phenoxy) is 1. The fourth-order valence-corrected chi connectivity index (χ4v) is 3.10. The highest BCUT2D eigenvalue weighted by atomic mass is 16.5. The van der Waals surface area contributed by atoms with Gasteiger partial charge in [0.05, 0.1) is 12.1 Å². The number of carbonyl (C=O) groups excluding carboxylic acids is 1. The molecular weight excluding hydrogens is 316 g/mol. The van der Waals surface area contributed by atoms with Crippen LogP contribution in [0.1, 0.15) is 36.3 Å². The second-order valence-corrected chi connectivity index (χ2v) is 6.66. The van der Waals surface area contributed by atoms with Crippen molar-refractivity contribution in [1.82, 2.24) is 10.5 Å². The minimum absolute atomic E-state index is 0.00984. The van der Waals surface area contributed by atoms with E-state index in [9.17, 15) is 4.79 Å². The second-order valence-electron chi connectivity index (χ2n) is 6.66. The van der Waals surface area contributed by atoms with Crippen molar-refractivity contribution in [3.05, 3.63) is 53.4 Å². The highest BCUT2D eigenvalue weighted by molar-refractivity contribution is 5.78. The van der Waals surface area contributed by atoms with Gasteiger partial charge in [-0.25, -0.2) is 0 Å². The standard InChI is InChI=1S/C20H26N2O3/c23-20(21-15-17-9-11-24-12-10-17)14-18-13-19(25-22-18)8-4-7-16-5-2-1-3-6-16/h1-3,5-6,13,17H,4,7-12,14-15H2,(H,21,23). The molecule has 0 bridgehead atoms. The van der Waals surface area contributed by atoms with Gasteiger partial charge in [-0.15, -0.1) is 0 Å². The summed E-state index contributed by atoms with van der Waals surface area (Å²) >= 11 is 0. The van der Waals surface area contributed by atoms with Crippen molar-refractivity contribution in [3.63, 3.8) is 0 Å². The number of carbonyl (C=O) groups is 1. The number of nitrogens with one attached hydrogen (secondary N) is 1. The number of amides is 1. The molecule has 25 heavy (non-hydrogen) atoms. The molecule has 1 fully saturated rings. The summed E-state index contributed by atoms with van der Waals surface area (Å²) in [4.78, 5) is 12.0. The van der Waals surface area contributed by atoms with Gasteiger partial charge < -0.3 is 14.6 Å². The van der Waals surface area contributed by atoms with E-state index < -0.39 is 0 Å². The summed E-state index contributed by atoms with van der Waals surface area (Å²) in [5.41, 5.74) is 2.04. The maximum Gasteiger partial charge on any atom is 0.226 e. The minimum Gasteiger partial charge on any atom is -0.381 e. The highest BCUT2D eigenvalue weighted by Crippen LogP contribution is 2.13. The predicted molar refractivity (Wildman–Crippen MR) is 95.2 cm³/mol. The summed E-state index contributed by atoms with van der Waals surface area (Å²) in [5, 5.41) is 7.02. The minimum atomic E-state index is 0.00984. The third-order valence-electron chi connectivity index (χ3n) is 4.61. The first-order valence-corrected chi connectivity index (χ1v) is 9.12. The van der Waals surface area contributed by atoms with Gasteiger partial charge in [-0.3, -0.25) is 4.79 Å². The smallest absolute Gasteiger partial charge is 0.226 e. The largest absolute Gasteiger partial charge is 0.381 e. The van der Waals surface area contributed by atoms with Gasteiger partial charge >= 0.3 is 0 Å². The Morgan fingerprint density at radius 3 is 2.76 bits per heavy atom. The van der Waals surface area contributed by atoms with E-state index in [1.165, 1.54) is 5.56 Å². The van der Waals surface area contributed by atoms with Gasteiger partial charge in [0.1, 0.15) is 5.76 Å². The Kier molecular flexibility index (Phi) is 6.63. The van der Waals surface area contributed by atoms with Gasteiger partial charge in [0.15, 0.2) is 0 Å². The molecule has 0 unspecified atom stereocenters. The summed E-state index contributed by atoms with van der Waals surface area (Å²) in [6.45, 7) is 2.33. The Balaban J connectivity index is 1.36. The van der Waals surface area contributed by atoms with E-state index in [0.29, 0.717) is 11.6 Å². The maximum absolute atomic E-state index is 12.0. The molecule has 0 spiro atoms. The zero-order valence-electron chi connectivity index (χ0n) is 14.6. The second kappa shape index (κ2) is 9.37. The van der Waals surface area contributed by atoms with Gasteiger partial charge in [-0.1, -0.05) is 35.5 Å². The molecule has 0 saturated carbocycles. The molecule has 0 atom stereocenters. The van der Waals surface area contributed by atoms with Crippen LogP contribution in [0, 0.1) is 5.92 Å². The third kappa shape index (κ3) is 6.02. The molecule has 5 nitrogen and oxygen atoms in total. The lowest BCUT2D eigenvalue weighted by molar-refractivity contribution is -0.120. The normalized spacial score (nSPS) is 15.2. The van der Waals surface area contributed by atoms with Crippen molar-refractivity contribution in [2.24, 2.45) is 5.92 Å². The first kappa shape index (κ1) is 17.7. The molecule has 1 amide bonds. The zero-order valence-corrected chi connectivity index (χ0v) is 14.6. The van der Waals surface area contributed by atoms with Gasteiger partial charge in [0.2, 0.25) is 5.91 Å². The lowest BCUT2D eigenvalue weighted by atomic mass is 10.0. The molecule has 1 saturated heterocycles. The van der Waals surface area contributed by atoms with Crippen LogP contribution in [0.2, 0.25) is 0 Å². The van der Waals surface area contributed by atoms with E-state index in [1.807, 2.05) is 12.1 Å². The fourth-order valence-electron chi connectivity index (χ4n) is 3.10. The van der Waals surface area contributed by atoms with Crippen LogP contribution in [0.15, 0.2) is 40.9 Å². The van der Waals surface area contributed by atoms with Crippen LogP contribution in [0.4, 0.5) is 0 Å². The molecule has 0 radical (unpaired) electrons. The maximum atomic E-state index is 12.0. The molecule has 134 valence electrons. The lowest BCUT2D eigenvalue weighted by Gasteiger charge is -2.21. The van der Waals surface area contributed by atoms with Crippen LogP contribution >= 0.6 is 0 Å². The van der Waals surface area contributed by atoms with Crippen molar-refractivity contribution < 1.29 is 14.1 Å². The van der Waals surface area contributed by atoms with Gasteiger partial charge in [0, 0.05) is 32.2 Å². The van der Waals surface area contributed by atoms with Crippen molar-refractivity contribution in [2.45, 2.75) is 38.5 Å². The van der Waals surface area contributed by atoms with E-state index in [4.69, 9.17) is 9.26 Å². The SMILES string of the molecule is O=C(Cc1cc(CCCc2ccccc2)on1)NCC1CCOCC1.